The maximum Gasteiger partial charge on any atom is 0.339 e. The number of hydrogen-bond acceptors (Lipinski definition) is 3. The molecule has 2 rings (SSSR count). The van der Waals surface area contributed by atoms with Crippen LogP contribution in [0.15, 0.2) is 40.9 Å². The number of rotatable bonds is 4. The van der Waals surface area contributed by atoms with Gasteiger partial charge in [0.25, 0.3) is 5.91 Å². The minimum Gasteiger partial charge on any atom is -0.452 e. The fraction of sp³-hybridized carbons (Fsp3) is 0.176. The zero-order valence-corrected chi connectivity index (χ0v) is 15.0. The lowest BCUT2D eigenvalue weighted by Gasteiger charge is -2.12. The van der Waals surface area contributed by atoms with Gasteiger partial charge in [0.05, 0.1) is 16.3 Å². The molecular formula is C17H15BrClNO3. The molecule has 23 heavy (non-hydrogen) atoms. The van der Waals surface area contributed by atoms with Crippen LogP contribution in [0.2, 0.25) is 5.02 Å². The van der Waals surface area contributed by atoms with Crippen LogP contribution in [-0.2, 0) is 9.53 Å². The predicted molar refractivity (Wildman–Crippen MR) is 94.0 cm³/mol. The van der Waals surface area contributed by atoms with Gasteiger partial charge in [0.2, 0.25) is 0 Å². The van der Waals surface area contributed by atoms with Crippen molar-refractivity contribution >= 4 is 45.1 Å². The molecule has 0 aliphatic carbocycles. The monoisotopic (exact) mass is 395 g/mol. The molecule has 120 valence electrons. The summed E-state index contributed by atoms with van der Waals surface area (Å²) >= 11 is 9.39. The molecule has 0 aromatic heterocycles. The number of amides is 1. The quantitative estimate of drug-likeness (QED) is 0.773. The highest BCUT2D eigenvalue weighted by Crippen LogP contribution is 2.27. The van der Waals surface area contributed by atoms with E-state index in [1.54, 1.807) is 30.3 Å². The van der Waals surface area contributed by atoms with Crippen LogP contribution < -0.4 is 5.32 Å². The molecule has 0 atom stereocenters. The summed E-state index contributed by atoms with van der Waals surface area (Å²) in [5.41, 5.74) is 2.75. The fourth-order valence-electron chi connectivity index (χ4n) is 2.09. The Morgan fingerprint density at radius 1 is 1.22 bits per heavy atom. The molecule has 0 aliphatic heterocycles. The highest BCUT2D eigenvalue weighted by Gasteiger charge is 2.14. The van der Waals surface area contributed by atoms with Gasteiger partial charge in [0.15, 0.2) is 6.61 Å². The molecule has 2 aromatic carbocycles. The van der Waals surface area contributed by atoms with Crippen molar-refractivity contribution in [3.05, 3.63) is 62.6 Å². The number of halogens is 2. The number of ether oxygens (including phenoxy) is 1. The van der Waals surface area contributed by atoms with E-state index >= 15 is 0 Å². The van der Waals surface area contributed by atoms with E-state index in [1.807, 2.05) is 19.9 Å². The lowest BCUT2D eigenvalue weighted by Crippen LogP contribution is -2.21. The molecule has 6 heteroatoms. The number of benzene rings is 2. The number of carbonyl (C=O) groups is 2. The SMILES string of the molecule is Cc1cc(C)c(NC(=O)COC(=O)c2ccccc2Br)c(Cl)c1. The number of anilines is 1. The predicted octanol–water partition coefficient (Wildman–Crippen LogP) is 4.51. The molecular weight excluding hydrogens is 382 g/mol. The third kappa shape index (κ3) is 4.56. The lowest BCUT2D eigenvalue weighted by molar-refractivity contribution is -0.119. The van der Waals surface area contributed by atoms with Crippen LogP contribution in [0.5, 0.6) is 0 Å². The fourth-order valence-corrected chi connectivity index (χ4v) is 2.90. The second-order valence-electron chi connectivity index (χ2n) is 5.04. The third-order valence-electron chi connectivity index (χ3n) is 3.12. The van der Waals surface area contributed by atoms with Crippen LogP contribution in [0.1, 0.15) is 21.5 Å². The zero-order valence-electron chi connectivity index (χ0n) is 12.7. The molecule has 1 amide bonds. The first-order chi connectivity index (χ1) is 10.9. The van der Waals surface area contributed by atoms with Gasteiger partial charge in [-0.1, -0.05) is 29.8 Å². The van der Waals surface area contributed by atoms with Crippen molar-refractivity contribution in [1.29, 1.82) is 0 Å². The van der Waals surface area contributed by atoms with E-state index in [0.29, 0.717) is 20.7 Å². The van der Waals surface area contributed by atoms with Crippen LogP contribution in [-0.4, -0.2) is 18.5 Å². The molecule has 0 spiro atoms. The first-order valence-corrected chi connectivity index (χ1v) is 8.04. The van der Waals surface area contributed by atoms with E-state index in [2.05, 4.69) is 21.2 Å². The molecule has 0 saturated carbocycles. The molecule has 0 unspecified atom stereocenters. The maximum atomic E-state index is 12.0. The van der Waals surface area contributed by atoms with E-state index in [-0.39, 0.29) is 6.61 Å². The summed E-state index contributed by atoms with van der Waals surface area (Å²) in [6.07, 6.45) is 0. The van der Waals surface area contributed by atoms with Crippen molar-refractivity contribution < 1.29 is 14.3 Å². The second-order valence-corrected chi connectivity index (χ2v) is 6.30. The average molecular weight is 397 g/mol. The maximum absolute atomic E-state index is 12.0. The minimum absolute atomic E-state index is 0.366. The van der Waals surface area contributed by atoms with Crippen LogP contribution in [0.4, 0.5) is 5.69 Å². The highest BCUT2D eigenvalue weighted by molar-refractivity contribution is 9.10. The molecule has 0 heterocycles. The lowest BCUT2D eigenvalue weighted by atomic mass is 10.1. The van der Waals surface area contributed by atoms with Crippen LogP contribution in [0.25, 0.3) is 0 Å². The molecule has 4 nitrogen and oxygen atoms in total. The highest BCUT2D eigenvalue weighted by atomic mass is 79.9. The van der Waals surface area contributed by atoms with Crippen molar-refractivity contribution in [3.8, 4) is 0 Å². The van der Waals surface area contributed by atoms with Gasteiger partial charge in [0, 0.05) is 4.47 Å². The van der Waals surface area contributed by atoms with Gasteiger partial charge in [0.1, 0.15) is 0 Å². The van der Waals surface area contributed by atoms with Gasteiger partial charge in [-0.25, -0.2) is 4.79 Å². The summed E-state index contributed by atoms with van der Waals surface area (Å²) in [6.45, 7) is 3.38. The van der Waals surface area contributed by atoms with Crippen molar-refractivity contribution in [2.24, 2.45) is 0 Å². The largest absolute Gasteiger partial charge is 0.452 e. The summed E-state index contributed by atoms with van der Waals surface area (Å²) in [6, 6.07) is 10.5. The first kappa shape index (κ1) is 17.5. The zero-order chi connectivity index (χ0) is 17.0. The Labute approximate surface area is 147 Å². The summed E-state index contributed by atoms with van der Waals surface area (Å²) < 4.78 is 5.64. The normalized spacial score (nSPS) is 10.3. The Kier molecular flexibility index (Phi) is 5.80. The Balaban J connectivity index is 1.99. The average Bonchev–Trinajstić information content (AvgIpc) is 2.49. The molecule has 0 bridgehead atoms. The van der Waals surface area contributed by atoms with Gasteiger partial charge in [-0.15, -0.1) is 0 Å². The second kappa shape index (κ2) is 7.62. The number of carbonyl (C=O) groups excluding carboxylic acids is 2. The summed E-state index contributed by atoms with van der Waals surface area (Å²) in [4.78, 5) is 23.9. The minimum atomic E-state index is -0.570. The van der Waals surface area contributed by atoms with Crippen molar-refractivity contribution in [1.82, 2.24) is 0 Å². The molecule has 2 aromatic rings. The topological polar surface area (TPSA) is 55.4 Å². The summed E-state index contributed by atoms with van der Waals surface area (Å²) in [7, 11) is 0. The van der Waals surface area contributed by atoms with Crippen molar-refractivity contribution in [2.45, 2.75) is 13.8 Å². The molecule has 1 N–H and O–H groups in total. The standard InChI is InChI=1S/C17H15BrClNO3/c1-10-7-11(2)16(14(19)8-10)20-15(21)9-23-17(22)12-5-3-4-6-13(12)18/h3-8H,9H2,1-2H3,(H,20,21). The number of esters is 1. The van der Waals surface area contributed by atoms with Gasteiger partial charge in [-0.05, 0) is 59.1 Å². The molecule has 0 radical (unpaired) electrons. The number of hydrogen-bond donors (Lipinski definition) is 1. The summed E-state index contributed by atoms with van der Waals surface area (Å²) in [5, 5.41) is 3.12. The Bertz CT molecular complexity index is 738. The molecule has 0 aliphatic rings. The Morgan fingerprint density at radius 3 is 2.57 bits per heavy atom. The van der Waals surface area contributed by atoms with E-state index < -0.39 is 11.9 Å². The summed E-state index contributed by atoms with van der Waals surface area (Å²) in [5.74, 6) is -1.02. The van der Waals surface area contributed by atoms with Gasteiger partial charge < -0.3 is 10.1 Å². The van der Waals surface area contributed by atoms with Gasteiger partial charge in [-0.3, -0.25) is 4.79 Å². The third-order valence-corrected chi connectivity index (χ3v) is 4.11. The number of nitrogens with one attached hydrogen (secondary N) is 1. The van der Waals surface area contributed by atoms with E-state index in [0.717, 1.165) is 11.1 Å². The van der Waals surface area contributed by atoms with E-state index in [4.69, 9.17) is 16.3 Å². The van der Waals surface area contributed by atoms with E-state index in [1.165, 1.54) is 0 Å². The van der Waals surface area contributed by atoms with Crippen LogP contribution in [0, 0.1) is 13.8 Å². The van der Waals surface area contributed by atoms with E-state index in [9.17, 15) is 9.59 Å². The van der Waals surface area contributed by atoms with Crippen molar-refractivity contribution in [2.75, 3.05) is 11.9 Å². The van der Waals surface area contributed by atoms with Crippen molar-refractivity contribution in [3.63, 3.8) is 0 Å². The van der Waals surface area contributed by atoms with Gasteiger partial charge >= 0.3 is 5.97 Å². The molecule has 0 saturated heterocycles. The van der Waals surface area contributed by atoms with Crippen LogP contribution in [0.3, 0.4) is 0 Å². The Morgan fingerprint density at radius 2 is 1.91 bits per heavy atom. The van der Waals surface area contributed by atoms with Crippen LogP contribution >= 0.6 is 27.5 Å². The number of aryl methyl sites for hydroxylation is 2. The molecule has 0 fully saturated rings. The smallest absolute Gasteiger partial charge is 0.339 e. The Hall–Kier alpha value is -1.85. The van der Waals surface area contributed by atoms with Gasteiger partial charge in [-0.2, -0.15) is 0 Å². The first-order valence-electron chi connectivity index (χ1n) is 6.86.